The van der Waals surface area contributed by atoms with E-state index in [9.17, 15) is 4.79 Å². The van der Waals surface area contributed by atoms with Crippen molar-refractivity contribution in [3.63, 3.8) is 0 Å². The van der Waals surface area contributed by atoms with Crippen molar-refractivity contribution in [1.29, 1.82) is 0 Å². The summed E-state index contributed by atoms with van der Waals surface area (Å²) >= 11 is 1.83. The van der Waals surface area contributed by atoms with Crippen LogP contribution in [0.25, 0.3) is 0 Å². The molecule has 22 heavy (non-hydrogen) atoms. The molecular weight excluding hydrogens is 296 g/mol. The Labute approximate surface area is 137 Å². The molecule has 1 atom stereocenters. The van der Waals surface area contributed by atoms with Crippen molar-refractivity contribution in [3.05, 3.63) is 24.3 Å². The summed E-state index contributed by atoms with van der Waals surface area (Å²) in [5, 5.41) is 0. The number of anilines is 1. The average Bonchev–Trinajstić information content (AvgIpc) is 2.45. The van der Waals surface area contributed by atoms with Crippen LogP contribution in [0.4, 0.5) is 10.5 Å². The van der Waals surface area contributed by atoms with E-state index in [-0.39, 0.29) is 6.09 Å². The third-order valence-corrected chi connectivity index (χ3v) is 4.78. The predicted molar refractivity (Wildman–Crippen MR) is 92.1 cm³/mol. The van der Waals surface area contributed by atoms with Crippen LogP contribution in [0, 0.1) is 5.92 Å². The number of likely N-dealkylation sites (tertiary alicyclic amines) is 1. The molecule has 2 N–H and O–H groups in total. The number of thioether (sulfide) groups is 1. The third-order valence-electron chi connectivity index (χ3n) is 3.54. The highest BCUT2D eigenvalue weighted by atomic mass is 32.2. The zero-order valence-electron chi connectivity index (χ0n) is 13.7. The van der Waals surface area contributed by atoms with Gasteiger partial charge in [0.1, 0.15) is 5.60 Å². The maximum absolute atomic E-state index is 12.2. The number of carbonyl (C=O) groups excluding carboxylic acids is 1. The standard InChI is InChI=1S/C17H26N2O2S/c1-17(2,3)21-16(20)19-10-4-5-13(11-19)12-22-15-8-6-14(18)7-9-15/h6-9,13H,4-5,10-12,18H2,1-3H3. The molecule has 1 fully saturated rings. The number of amides is 1. The molecule has 0 aliphatic carbocycles. The normalized spacial score (nSPS) is 19.0. The molecule has 0 saturated carbocycles. The maximum atomic E-state index is 12.2. The summed E-state index contributed by atoms with van der Waals surface area (Å²) in [6.07, 6.45) is 2.03. The Kier molecular flexibility index (Phi) is 5.62. The summed E-state index contributed by atoms with van der Waals surface area (Å²) in [5.41, 5.74) is 6.06. The van der Waals surface area contributed by atoms with E-state index in [0.717, 1.165) is 31.0 Å². The van der Waals surface area contributed by atoms with E-state index in [2.05, 4.69) is 12.1 Å². The number of hydrogen-bond donors (Lipinski definition) is 1. The van der Waals surface area contributed by atoms with E-state index in [1.54, 1.807) is 0 Å². The molecule has 1 saturated heterocycles. The first kappa shape index (κ1) is 17.0. The minimum atomic E-state index is -0.428. The first-order valence-corrected chi connectivity index (χ1v) is 8.78. The van der Waals surface area contributed by atoms with Gasteiger partial charge in [0.05, 0.1) is 0 Å². The monoisotopic (exact) mass is 322 g/mol. The molecule has 0 spiro atoms. The number of nitrogen functional groups attached to an aromatic ring is 1. The van der Waals surface area contributed by atoms with Gasteiger partial charge in [0.25, 0.3) is 0 Å². The fourth-order valence-electron chi connectivity index (χ4n) is 2.47. The molecule has 1 aliphatic rings. The van der Waals surface area contributed by atoms with Crippen molar-refractivity contribution in [1.82, 2.24) is 4.90 Å². The second kappa shape index (κ2) is 7.27. The van der Waals surface area contributed by atoms with Gasteiger partial charge in [-0.3, -0.25) is 0 Å². The number of rotatable bonds is 3. The number of benzene rings is 1. The number of carbonyl (C=O) groups is 1. The highest BCUT2D eigenvalue weighted by Gasteiger charge is 2.27. The van der Waals surface area contributed by atoms with Crippen LogP contribution in [0.2, 0.25) is 0 Å². The molecule has 1 aromatic rings. The van der Waals surface area contributed by atoms with E-state index in [1.807, 2.05) is 49.6 Å². The molecule has 122 valence electrons. The lowest BCUT2D eigenvalue weighted by atomic mass is 10.0. The number of piperidine rings is 1. The minimum Gasteiger partial charge on any atom is -0.444 e. The van der Waals surface area contributed by atoms with Crippen LogP contribution in [-0.2, 0) is 4.74 Å². The zero-order valence-corrected chi connectivity index (χ0v) is 14.5. The molecule has 0 aromatic heterocycles. The van der Waals surface area contributed by atoms with Gasteiger partial charge in [-0.05, 0) is 63.8 Å². The molecule has 1 unspecified atom stereocenters. The van der Waals surface area contributed by atoms with Crippen LogP contribution in [0.1, 0.15) is 33.6 Å². The van der Waals surface area contributed by atoms with Gasteiger partial charge in [0.2, 0.25) is 0 Å². The molecule has 2 rings (SSSR count). The van der Waals surface area contributed by atoms with Gasteiger partial charge >= 0.3 is 6.09 Å². The summed E-state index contributed by atoms with van der Waals surface area (Å²) < 4.78 is 5.47. The summed E-state index contributed by atoms with van der Waals surface area (Å²) in [5.74, 6) is 1.53. The minimum absolute atomic E-state index is 0.185. The van der Waals surface area contributed by atoms with E-state index >= 15 is 0 Å². The first-order valence-electron chi connectivity index (χ1n) is 7.80. The Hall–Kier alpha value is -1.36. The third kappa shape index (κ3) is 5.44. The number of hydrogen-bond acceptors (Lipinski definition) is 4. The van der Waals surface area contributed by atoms with E-state index in [4.69, 9.17) is 10.5 Å². The Balaban J connectivity index is 1.82. The first-order chi connectivity index (χ1) is 10.3. The Morgan fingerprint density at radius 1 is 1.36 bits per heavy atom. The quantitative estimate of drug-likeness (QED) is 0.675. The van der Waals surface area contributed by atoms with Crippen molar-refractivity contribution >= 4 is 23.5 Å². The molecule has 0 bridgehead atoms. The van der Waals surface area contributed by atoms with Crippen LogP contribution in [0.15, 0.2) is 29.2 Å². The molecule has 1 aromatic carbocycles. The molecule has 1 heterocycles. The lowest BCUT2D eigenvalue weighted by Crippen LogP contribution is -2.43. The smallest absolute Gasteiger partial charge is 0.410 e. The summed E-state index contributed by atoms with van der Waals surface area (Å²) in [6, 6.07) is 7.95. The Morgan fingerprint density at radius 3 is 2.68 bits per heavy atom. The summed E-state index contributed by atoms with van der Waals surface area (Å²) in [4.78, 5) is 15.2. The highest BCUT2D eigenvalue weighted by Crippen LogP contribution is 2.27. The average molecular weight is 322 g/mol. The van der Waals surface area contributed by atoms with Crippen molar-refractivity contribution in [2.24, 2.45) is 5.92 Å². The van der Waals surface area contributed by atoms with Crippen LogP contribution in [-0.4, -0.2) is 35.4 Å². The Bertz CT molecular complexity index is 496. The molecule has 5 heteroatoms. The number of nitrogens with two attached hydrogens (primary N) is 1. The lowest BCUT2D eigenvalue weighted by molar-refractivity contribution is 0.0177. The zero-order chi connectivity index (χ0) is 16.2. The van der Waals surface area contributed by atoms with Crippen molar-refractivity contribution in [2.45, 2.75) is 44.1 Å². The van der Waals surface area contributed by atoms with Crippen molar-refractivity contribution in [3.8, 4) is 0 Å². The van der Waals surface area contributed by atoms with Crippen LogP contribution in [0.5, 0.6) is 0 Å². The van der Waals surface area contributed by atoms with Gasteiger partial charge in [0, 0.05) is 29.4 Å². The topological polar surface area (TPSA) is 55.6 Å². The highest BCUT2D eigenvalue weighted by molar-refractivity contribution is 7.99. The summed E-state index contributed by atoms with van der Waals surface area (Å²) in [7, 11) is 0. The largest absolute Gasteiger partial charge is 0.444 e. The fraction of sp³-hybridized carbons (Fsp3) is 0.588. The van der Waals surface area contributed by atoms with Crippen LogP contribution < -0.4 is 5.73 Å². The second-order valence-corrected chi connectivity index (χ2v) is 7.91. The van der Waals surface area contributed by atoms with Gasteiger partial charge in [-0.1, -0.05) is 0 Å². The molecule has 4 nitrogen and oxygen atoms in total. The molecule has 1 aliphatic heterocycles. The van der Waals surface area contributed by atoms with E-state index in [0.29, 0.717) is 5.92 Å². The van der Waals surface area contributed by atoms with Gasteiger partial charge in [-0.2, -0.15) is 0 Å². The SMILES string of the molecule is CC(C)(C)OC(=O)N1CCCC(CSc2ccc(N)cc2)C1. The molecular formula is C17H26N2O2S. The van der Waals surface area contributed by atoms with Gasteiger partial charge in [-0.15, -0.1) is 11.8 Å². The van der Waals surface area contributed by atoms with E-state index < -0.39 is 5.60 Å². The van der Waals surface area contributed by atoms with Crippen molar-refractivity contribution in [2.75, 3.05) is 24.6 Å². The number of nitrogens with zero attached hydrogens (tertiary/aromatic N) is 1. The number of ether oxygens (including phenoxy) is 1. The molecule has 1 amide bonds. The molecule has 0 radical (unpaired) electrons. The van der Waals surface area contributed by atoms with Gasteiger partial charge in [-0.25, -0.2) is 4.79 Å². The van der Waals surface area contributed by atoms with Gasteiger partial charge in [0.15, 0.2) is 0 Å². The Morgan fingerprint density at radius 2 is 2.05 bits per heavy atom. The maximum Gasteiger partial charge on any atom is 0.410 e. The van der Waals surface area contributed by atoms with E-state index in [1.165, 1.54) is 11.3 Å². The fourth-order valence-corrected chi connectivity index (χ4v) is 3.50. The van der Waals surface area contributed by atoms with Gasteiger partial charge < -0.3 is 15.4 Å². The second-order valence-electron chi connectivity index (χ2n) is 6.81. The van der Waals surface area contributed by atoms with Crippen LogP contribution in [0.3, 0.4) is 0 Å². The van der Waals surface area contributed by atoms with Crippen molar-refractivity contribution < 1.29 is 9.53 Å². The summed E-state index contributed by atoms with van der Waals surface area (Å²) in [6.45, 7) is 7.31. The lowest BCUT2D eigenvalue weighted by Gasteiger charge is -2.34. The predicted octanol–water partition coefficient (Wildman–Crippen LogP) is 4.01. The van der Waals surface area contributed by atoms with Crippen LogP contribution >= 0.6 is 11.8 Å².